The Hall–Kier alpha value is -1.72. The van der Waals surface area contributed by atoms with E-state index in [2.05, 4.69) is 15.9 Å². The lowest BCUT2D eigenvalue weighted by molar-refractivity contribution is 0.0691. The Kier molecular flexibility index (Phi) is 5.09. The van der Waals surface area contributed by atoms with Gasteiger partial charge >= 0.3 is 5.97 Å². The van der Waals surface area contributed by atoms with Crippen molar-refractivity contribution >= 4 is 21.9 Å². The molecular formula is C16H15BrFNO2. The summed E-state index contributed by atoms with van der Waals surface area (Å²) in [5, 5.41) is 8.94. The molecule has 2 aromatic carbocycles. The molecule has 0 aliphatic heterocycles. The van der Waals surface area contributed by atoms with E-state index in [1.807, 2.05) is 36.2 Å². The topological polar surface area (TPSA) is 40.5 Å². The van der Waals surface area contributed by atoms with Gasteiger partial charge in [0.05, 0.1) is 5.56 Å². The zero-order chi connectivity index (χ0) is 15.4. The van der Waals surface area contributed by atoms with Gasteiger partial charge in [-0.3, -0.25) is 4.90 Å². The minimum absolute atomic E-state index is 0.290. The van der Waals surface area contributed by atoms with Gasteiger partial charge < -0.3 is 5.11 Å². The maximum Gasteiger partial charge on any atom is 0.338 e. The van der Waals surface area contributed by atoms with Gasteiger partial charge in [0.25, 0.3) is 0 Å². The molecular weight excluding hydrogens is 337 g/mol. The fourth-order valence-corrected chi connectivity index (χ4v) is 2.53. The Morgan fingerprint density at radius 3 is 2.62 bits per heavy atom. The van der Waals surface area contributed by atoms with Gasteiger partial charge in [0.1, 0.15) is 5.82 Å². The summed E-state index contributed by atoms with van der Waals surface area (Å²) in [6.45, 7) is 1.25. The van der Waals surface area contributed by atoms with E-state index in [0.29, 0.717) is 13.1 Å². The van der Waals surface area contributed by atoms with Crippen LogP contribution in [0.4, 0.5) is 4.39 Å². The van der Waals surface area contributed by atoms with E-state index in [1.54, 1.807) is 6.07 Å². The second-order valence-electron chi connectivity index (χ2n) is 4.88. The number of carboxylic acids is 1. The third-order valence-corrected chi connectivity index (χ3v) is 3.89. The van der Waals surface area contributed by atoms with E-state index in [4.69, 9.17) is 5.11 Å². The quantitative estimate of drug-likeness (QED) is 0.887. The van der Waals surface area contributed by atoms with Crippen LogP contribution < -0.4 is 0 Å². The molecule has 0 unspecified atom stereocenters. The Bertz CT molecular complexity index is 660. The fraction of sp³-hybridized carbons (Fsp3) is 0.188. The maximum absolute atomic E-state index is 13.4. The first-order valence-corrected chi connectivity index (χ1v) is 7.20. The van der Waals surface area contributed by atoms with E-state index in [0.717, 1.165) is 15.6 Å². The molecule has 0 heterocycles. The molecule has 0 aliphatic carbocycles. The van der Waals surface area contributed by atoms with Gasteiger partial charge in [-0.2, -0.15) is 0 Å². The van der Waals surface area contributed by atoms with Crippen LogP contribution in [0.1, 0.15) is 21.5 Å². The van der Waals surface area contributed by atoms with Gasteiger partial charge in [0.15, 0.2) is 0 Å². The monoisotopic (exact) mass is 351 g/mol. The van der Waals surface area contributed by atoms with Crippen molar-refractivity contribution in [1.29, 1.82) is 0 Å². The average molecular weight is 352 g/mol. The van der Waals surface area contributed by atoms with Crippen LogP contribution in [0.25, 0.3) is 0 Å². The molecule has 0 radical (unpaired) electrons. The molecule has 0 aliphatic rings. The zero-order valence-corrected chi connectivity index (χ0v) is 13.1. The minimum atomic E-state index is -1.25. The first-order valence-electron chi connectivity index (χ1n) is 6.41. The van der Waals surface area contributed by atoms with Crippen LogP contribution in [0.5, 0.6) is 0 Å². The summed E-state index contributed by atoms with van der Waals surface area (Å²) >= 11 is 3.50. The Morgan fingerprint density at radius 2 is 1.95 bits per heavy atom. The summed E-state index contributed by atoms with van der Waals surface area (Å²) < 4.78 is 14.4. The molecule has 2 rings (SSSR count). The van der Waals surface area contributed by atoms with Gasteiger partial charge in [0.2, 0.25) is 0 Å². The lowest BCUT2D eigenvalue weighted by Crippen LogP contribution is -2.18. The minimum Gasteiger partial charge on any atom is -0.478 e. The molecule has 0 saturated carbocycles. The SMILES string of the molecule is CN(Cc1ccc(F)c(C(=O)O)c1)Cc1ccccc1Br. The number of hydrogen-bond donors (Lipinski definition) is 1. The van der Waals surface area contributed by atoms with Crippen molar-refractivity contribution in [2.75, 3.05) is 7.05 Å². The standard InChI is InChI=1S/C16H15BrFNO2/c1-19(10-12-4-2-3-5-14(12)17)9-11-6-7-15(18)13(8-11)16(20)21/h2-8H,9-10H2,1H3,(H,20,21). The van der Waals surface area contributed by atoms with Gasteiger partial charge in [-0.05, 0) is 36.4 Å². The Morgan fingerprint density at radius 1 is 1.24 bits per heavy atom. The third kappa shape index (κ3) is 4.12. The van der Waals surface area contributed by atoms with Gasteiger partial charge in [-0.15, -0.1) is 0 Å². The van der Waals surface area contributed by atoms with E-state index in [-0.39, 0.29) is 5.56 Å². The highest BCUT2D eigenvalue weighted by Crippen LogP contribution is 2.19. The number of hydrogen-bond acceptors (Lipinski definition) is 2. The van der Waals surface area contributed by atoms with Crippen LogP contribution in [0.2, 0.25) is 0 Å². The summed E-state index contributed by atoms with van der Waals surface area (Å²) in [7, 11) is 1.93. The van der Waals surface area contributed by atoms with Crippen molar-refractivity contribution < 1.29 is 14.3 Å². The lowest BCUT2D eigenvalue weighted by Gasteiger charge is -2.18. The van der Waals surface area contributed by atoms with E-state index >= 15 is 0 Å². The molecule has 110 valence electrons. The molecule has 0 atom stereocenters. The molecule has 0 spiro atoms. The van der Waals surface area contributed by atoms with E-state index in [9.17, 15) is 9.18 Å². The highest BCUT2D eigenvalue weighted by molar-refractivity contribution is 9.10. The summed E-state index contributed by atoms with van der Waals surface area (Å²) in [4.78, 5) is 13.0. The van der Waals surface area contributed by atoms with Crippen LogP contribution in [0, 0.1) is 5.82 Å². The Balaban J connectivity index is 2.09. The zero-order valence-electron chi connectivity index (χ0n) is 11.5. The van der Waals surface area contributed by atoms with Crippen molar-refractivity contribution in [3.8, 4) is 0 Å². The predicted molar refractivity (Wildman–Crippen MR) is 82.7 cm³/mol. The van der Waals surface area contributed by atoms with Crippen molar-refractivity contribution in [2.45, 2.75) is 13.1 Å². The second-order valence-corrected chi connectivity index (χ2v) is 5.74. The van der Waals surface area contributed by atoms with E-state index in [1.165, 1.54) is 12.1 Å². The first kappa shape index (κ1) is 15.7. The number of halogens is 2. The normalized spacial score (nSPS) is 10.9. The number of carboxylic acid groups (broad SMARTS) is 1. The summed E-state index contributed by atoms with van der Waals surface area (Å²) in [5.41, 5.74) is 1.62. The molecule has 1 N–H and O–H groups in total. The summed E-state index contributed by atoms with van der Waals surface area (Å²) in [6, 6.07) is 12.1. The molecule has 0 saturated heterocycles. The largest absolute Gasteiger partial charge is 0.478 e. The first-order chi connectivity index (χ1) is 9.97. The third-order valence-electron chi connectivity index (χ3n) is 3.11. The van der Waals surface area contributed by atoms with Crippen molar-refractivity contribution in [1.82, 2.24) is 4.90 Å². The number of rotatable bonds is 5. The number of aromatic carboxylic acids is 1. The molecule has 21 heavy (non-hydrogen) atoms. The van der Waals surface area contributed by atoms with Crippen LogP contribution in [0.3, 0.4) is 0 Å². The number of carbonyl (C=O) groups is 1. The molecule has 0 bridgehead atoms. The van der Waals surface area contributed by atoms with Crippen molar-refractivity contribution in [3.63, 3.8) is 0 Å². The molecule has 0 fully saturated rings. The maximum atomic E-state index is 13.4. The Labute approximate surface area is 131 Å². The summed E-state index contributed by atoms with van der Waals surface area (Å²) in [6.07, 6.45) is 0. The molecule has 0 aromatic heterocycles. The summed E-state index contributed by atoms with van der Waals surface area (Å²) in [5.74, 6) is -1.96. The second kappa shape index (κ2) is 6.83. The molecule has 5 heteroatoms. The highest BCUT2D eigenvalue weighted by Gasteiger charge is 2.12. The molecule has 2 aromatic rings. The van der Waals surface area contributed by atoms with Crippen molar-refractivity contribution in [2.24, 2.45) is 0 Å². The molecule has 3 nitrogen and oxygen atoms in total. The van der Waals surface area contributed by atoms with Crippen LogP contribution in [0.15, 0.2) is 46.9 Å². The van der Waals surface area contributed by atoms with Gasteiger partial charge in [-0.1, -0.05) is 40.2 Å². The lowest BCUT2D eigenvalue weighted by atomic mass is 10.1. The van der Waals surface area contributed by atoms with Crippen LogP contribution >= 0.6 is 15.9 Å². The smallest absolute Gasteiger partial charge is 0.338 e. The highest BCUT2D eigenvalue weighted by atomic mass is 79.9. The van der Waals surface area contributed by atoms with Crippen LogP contribution in [-0.4, -0.2) is 23.0 Å². The number of benzene rings is 2. The van der Waals surface area contributed by atoms with Gasteiger partial charge in [0, 0.05) is 17.6 Å². The van der Waals surface area contributed by atoms with Crippen LogP contribution in [-0.2, 0) is 13.1 Å². The fourth-order valence-electron chi connectivity index (χ4n) is 2.12. The van der Waals surface area contributed by atoms with Crippen molar-refractivity contribution in [3.05, 3.63) is 69.4 Å². The average Bonchev–Trinajstić information content (AvgIpc) is 2.43. The van der Waals surface area contributed by atoms with Gasteiger partial charge in [-0.25, -0.2) is 9.18 Å². The number of nitrogens with zero attached hydrogens (tertiary/aromatic N) is 1. The van der Waals surface area contributed by atoms with E-state index < -0.39 is 11.8 Å². The predicted octanol–water partition coefficient (Wildman–Crippen LogP) is 3.92. The molecule has 0 amide bonds.